The standard InChI is InChI=1S/C19H21NO4/c1-12-8-14-9-16(23-2)10-15(18(14)24-12)11-20-17(19(21)22)13-6-4-3-5-7-13/h3-7,9-10,12,17,20H,8,11H2,1-2H3,(H,21,22)/t12?,17-/m0/s1. The SMILES string of the molecule is COc1cc(CN[C@H](C(=O)O)c2ccccc2)c2c(c1)CC(C)O2. The number of rotatable bonds is 6. The van der Waals surface area contributed by atoms with Crippen molar-refractivity contribution >= 4 is 5.97 Å². The van der Waals surface area contributed by atoms with Crippen molar-refractivity contribution in [3.05, 3.63) is 59.2 Å². The molecule has 0 bridgehead atoms. The molecule has 0 amide bonds. The maximum Gasteiger partial charge on any atom is 0.325 e. The molecule has 1 aliphatic rings. The molecule has 0 radical (unpaired) electrons. The third-order valence-electron chi connectivity index (χ3n) is 4.15. The van der Waals surface area contributed by atoms with Crippen LogP contribution in [0, 0.1) is 0 Å². The van der Waals surface area contributed by atoms with Crippen molar-refractivity contribution < 1.29 is 19.4 Å². The third kappa shape index (κ3) is 3.36. The van der Waals surface area contributed by atoms with Gasteiger partial charge in [-0.3, -0.25) is 10.1 Å². The van der Waals surface area contributed by atoms with Gasteiger partial charge in [-0.15, -0.1) is 0 Å². The molecule has 0 fully saturated rings. The summed E-state index contributed by atoms with van der Waals surface area (Å²) in [4.78, 5) is 11.6. The normalized spacial score (nSPS) is 17.0. The van der Waals surface area contributed by atoms with Crippen molar-refractivity contribution in [3.63, 3.8) is 0 Å². The minimum absolute atomic E-state index is 0.121. The van der Waals surface area contributed by atoms with Crippen LogP contribution in [0.15, 0.2) is 42.5 Å². The number of methoxy groups -OCH3 is 1. The van der Waals surface area contributed by atoms with E-state index in [0.29, 0.717) is 6.54 Å². The molecule has 1 aliphatic heterocycles. The molecule has 2 aromatic carbocycles. The van der Waals surface area contributed by atoms with Gasteiger partial charge in [-0.2, -0.15) is 0 Å². The quantitative estimate of drug-likeness (QED) is 0.854. The van der Waals surface area contributed by atoms with E-state index in [9.17, 15) is 9.90 Å². The van der Waals surface area contributed by atoms with Crippen LogP contribution in [0.5, 0.6) is 11.5 Å². The Kier molecular flexibility index (Phi) is 4.71. The lowest BCUT2D eigenvalue weighted by atomic mass is 10.0. The van der Waals surface area contributed by atoms with Crippen molar-refractivity contribution in [3.8, 4) is 11.5 Å². The van der Waals surface area contributed by atoms with E-state index in [4.69, 9.17) is 9.47 Å². The predicted octanol–water partition coefficient (Wildman–Crippen LogP) is 2.93. The Hall–Kier alpha value is -2.53. The maximum absolute atomic E-state index is 11.6. The molecule has 0 aromatic heterocycles. The van der Waals surface area contributed by atoms with Crippen molar-refractivity contribution in [1.29, 1.82) is 0 Å². The Morgan fingerprint density at radius 3 is 2.79 bits per heavy atom. The smallest absolute Gasteiger partial charge is 0.325 e. The summed E-state index contributed by atoms with van der Waals surface area (Å²) in [5.41, 5.74) is 2.74. The summed E-state index contributed by atoms with van der Waals surface area (Å²) >= 11 is 0. The highest BCUT2D eigenvalue weighted by molar-refractivity contribution is 5.75. The minimum Gasteiger partial charge on any atom is -0.497 e. The Morgan fingerprint density at radius 2 is 2.12 bits per heavy atom. The van der Waals surface area contributed by atoms with Crippen molar-refractivity contribution in [2.45, 2.75) is 32.0 Å². The highest BCUT2D eigenvalue weighted by Crippen LogP contribution is 2.36. The third-order valence-corrected chi connectivity index (χ3v) is 4.15. The topological polar surface area (TPSA) is 67.8 Å². The van der Waals surface area contributed by atoms with E-state index in [0.717, 1.165) is 34.6 Å². The number of carboxylic acids is 1. The summed E-state index contributed by atoms with van der Waals surface area (Å²) in [5, 5.41) is 12.6. The van der Waals surface area contributed by atoms with Gasteiger partial charge in [0.15, 0.2) is 0 Å². The molecule has 1 heterocycles. The summed E-state index contributed by atoms with van der Waals surface area (Å²) in [7, 11) is 1.63. The van der Waals surface area contributed by atoms with Crippen molar-refractivity contribution in [2.75, 3.05) is 7.11 Å². The maximum atomic E-state index is 11.6. The van der Waals surface area contributed by atoms with E-state index < -0.39 is 12.0 Å². The molecule has 24 heavy (non-hydrogen) atoms. The first-order chi connectivity index (χ1) is 11.6. The van der Waals surface area contributed by atoms with Gasteiger partial charge in [0, 0.05) is 24.1 Å². The number of benzene rings is 2. The molecular weight excluding hydrogens is 306 g/mol. The van der Waals surface area contributed by atoms with Gasteiger partial charge >= 0.3 is 5.97 Å². The lowest BCUT2D eigenvalue weighted by Gasteiger charge is -2.17. The molecule has 5 heteroatoms. The van der Waals surface area contributed by atoms with Crippen LogP contribution in [-0.4, -0.2) is 24.3 Å². The van der Waals surface area contributed by atoms with Gasteiger partial charge < -0.3 is 14.6 Å². The predicted molar refractivity (Wildman–Crippen MR) is 90.4 cm³/mol. The first-order valence-electron chi connectivity index (χ1n) is 7.96. The molecule has 2 aromatic rings. The zero-order valence-corrected chi connectivity index (χ0v) is 13.8. The van der Waals surface area contributed by atoms with Crippen LogP contribution < -0.4 is 14.8 Å². The van der Waals surface area contributed by atoms with Gasteiger partial charge in [0.25, 0.3) is 0 Å². The van der Waals surface area contributed by atoms with Gasteiger partial charge in [-0.25, -0.2) is 0 Å². The molecule has 2 atom stereocenters. The first-order valence-corrected chi connectivity index (χ1v) is 7.96. The van der Waals surface area contributed by atoms with Gasteiger partial charge in [-0.1, -0.05) is 30.3 Å². The molecule has 126 valence electrons. The zero-order valence-electron chi connectivity index (χ0n) is 13.8. The summed E-state index contributed by atoms with van der Waals surface area (Å²) in [6.07, 6.45) is 0.955. The van der Waals surface area contributed by atoms with Gasteiger partial charge in [0.05, 0.1) is 7.11 Å². The second-order valence-electron chi connectivity index (χ2n) is 5.97. The van der Waals surface area contributed by atoms with E-state index in [1.54, 1.807) is 19.2 Å². The summed E-state index contributed by atoms with van der Waals surface area (Å²) in [6.45, 7) is 2.41. The Morgan fingerprint density at radius 1 is 1.38 bits per heavy atom. The Bertz CT molecular complexity index is 730. The summed E-state index contributed by atoms with van der Waals surface area (Å²) < 4.78 is 11.2. The summed E-state index contributed by atoms with van der Waals surface area (Å²) in [5.74, 6) is 0.692. The first kappa shape index (κ1) is 16.3. The molecule has 1 unspecified atom stereocenters. The average molecular weight is 327 g/mol. The molecule has 0 spiro atoms. The van der Waals surface area contributed by atoms with Crippen LogP contribution in [0.25, 0.3) is 0 Å². The van der Waals surface area contributed by atoms with Crippen LogP contribution in [0.2, 0.25) is 0 Å². The lowest BCUT2D eigenvalue weighted by Crippen LogP contribution is -2.28. The van der Waals surface area contributed by atoms with Crippen LogP contribution in [-0.2, 0) is 17.8 Å². The number of ether oxygens (including phenoxy) is 2. The van der Waals surface area contributed by atoms with Crippen LogP contribution in [0.3, 0.4) is 0 Å². The average Bonchev–Trinajstić information content (AvgIpc) is 2.95. The monoisotopic (exact) mass is 327 g/mol. The number of nitrogens with one attached hydrogen (secondary N) is 1. The Balaban J connectivity index is 1.83. The molecule has 0 aliphatic carbocycles. The van der Waals surface area contributed by atoms with E-state index in [-0.39, 0.29) is 6.10 Å². The van der Waals surface area contributed by atoms with E-state index in [2.05, 4.69) is 5.32 Å². The fraction of sp³-hybridized carbons (Fsp3) is 0.316. The molecule has 3 rings (SSSR count). The molecule has 0 saturated heterocycles. The van der Waals surface area contributed by atoms with Crippen molar-refractivity contribution in [2.24, 2.45) is 0 Å². The number of hydrogen-bond acceptors (Lipinski definition) is 4. The molecule has 2 N–H and O–H groups in total. The van der Waals surface area contributed by atoms with Crippen molar-refractivity contribution in [1.82, 2.24) is 5.32 Å². The lowest BCUT2D eigenvalue weighted by molar-refractivity contribution is -0.139. The van der Waals surface area contributed by atoms with E-state index in [1.165, 1.54) is 0 Å². The number of fused-ring (bicyclic) bond motifs is 1. The van der Waals surface area contributed by atoms with Crippen LogP contribution >= 0.6 is 0 Å². The number of hydrogen-bond donors (Lipinski definition) is 2. The highest BCUT2D eigenvalue weighted by Gasteiger charge is 2.25. The number of carbonyl (C=O) groups is 1. The van der Waals surface area contributed by atoms with Crippen LogP contribution in [0.1, 0.15) is 29.7 Å². The minimum atomic E-state index is -0.907. The van der Waals surface area contributed by atoms with Gasteiger partial charge in [0.2, 0.25) is 0 Å². The molecular formula is C19H21NO4. The van der Waals surface area contributed by atoms with Crippen LogP contribution in [0.4, 0.5) is 0 Å². The summed E-state index contributed by atoms with van der Waals surface area (Å²) in [6, 6.07) is 12.3. The number of carboxylic acid groups (broad SMARTS) is 1. The molecule has 5 nitrogen and oxygen atoms in total. The highest BCUT2D eigenvalue weighted by atomic mass is 16.5. The van der Waals surface area contributed by atoms with Gasteiger partial charge in [0.1, 0.15) is 23.6 Å². The fourth-order valence-corrected chi connectivity index (χ4v) is 3.03. The Labute approximate surface area is 141 Å². The fourth-order valence-electron chi connectivity index (χ4n) is 3.03. The van der Waals surface area contributed by atoms with E-state index in [1.807, 2.05) is 37.3 Å². The van der Waals surface area contributed by atoms with Gasteiger partial charge in [-0.05, 0) is 24.6 Å². The zero-order chi connectivity index (χ0) is 17.1. The second kappa shape index (κ2) is 6.93. The largest absolute Gasteiger partial charge is 0.497 e. The number of aliphatic carboxylic acids is 1. The molecule has 0 saturated carbocycles. The second-order valence-corrected chi connectivity index (χ2v) is 5.97. The van der Waals surface area contributed by atoms with E-state index >= 15 is 0 Å².